The van der Waals surface area contributed by atoms with Gasteiger partial charge in [-0.25, -0.2) is 4.98 Å². The number of anilines is 1. The van der Waals surface area contributed by atoms with Gasteiger partial charge in [-0.3, -0.25) is 4.79 Å². The molecule has 0 radical (unpaired) electrons. The fraction of sp³-hybridized carbons (Fsp3) is 0.375. The van der Waals surface area contributed by atoms with Gasteiger partial charge in [-0.1, -0.05) is 30.3 Å². The SMILES string of the molecule is CC(=O)Nc1ncc(CN(C)CCCc2ccccc2)s1. The van der Waals surface area contributed by atoms with Gasteiger partial charge < -0.3 is 10.2 Å². The summed E-state index contributed by atoms with van der Waals surface area (Å²) in [6.07, 6.45) is 4.08. The molecule has 2 aromatic rings. The number of rotatable bonds is 7. The van der Waals surface area contributed by atoms with Crippen molar-refractivity contribution in [1.82, 2.24) is 9.88 Å². The van der Waals surface area contributed by atoms with E-state index in [1.165, 1.54) is 28.7 Å². The van der Waals surface area contributed by atoms with Crippen LogP contribution in [0.1, 0.15) is 23.8 Å². The van der Waals surface area contributed by atoms with Crippen LogP contribution in [0, 0.1) is 0 Å². The Morgan fingerprint density at radius 1 is 1.33 bits per heavy atom. The summed E-state index contributed by atoms with van der Waals surface area (Å²) in [7, 11) is 2.11. The highest BCUT2D eigenvalue weighted by molar-refractivity contribution is 7.15. The molecule has 21 heavy (non-hydrogen) atoms. The van der Waals surface area contributed by atoms with E-state index in [-0.39, 0.29) is 5.91 Å². The highest BCUT2D eigenvalue weighted by Crippen LogP contribution is 2.19. The number of hydrogen-bond donors (Lipinski definition) is 1. The number of benzene rings is 1. The average molecular weight is 303 g/mol. The summed E-state index contributed by atoms with van der Waals surface area (Å²) < 4.78 is 0. The summed E-state index contributed by atoms with van der Waals surface area (Å²) in [6.45, 7) is 3.41. The smallest absolute Gasteiger partial charge is 0.223 e. The molecule has 0 aliphatic heterocycles. The minimum absolute atomic E-state index is 0.0767. The first-order valence-electron chi connectivity index (χ1n) is 7.08. The fourth-order valence-corrected chi connectivity index (χ4v) is 3.07. The first-order valence-corrected chi connectivity index (χ1v) is 7.90. The molecule has 0 saturated heterocycles. The second kappa shape index (κ2) is 7.90. The molecule has 0 unspecified atom stereocenters. The van der Waals surface area contributed by atoms with Gasteiger partial charge in [0.2, 0.25) is 5.91 Å². The van der Waals surface area contributed by atoms with Crippen molar-refractivity contribution in [2.75, 3.05) is 18.9 Å². The predicted molar refractivity (Wildman–Crippen MR) is 87.5 cm³/mol. The minimum Gasteiger partial charge on any atom is -0.302 e. The molecule has 5 heteroatoms. The van der Waals surface area contributed by atoms with E-state index in [4.69, 9.17) is 0 Å². The number of aromatic nitrogens is 1. The van der Waals surface area contributed by atoms with Gasteiger partial charge in [-0.05, 0) is 32.0 Å². The van der Waals surface area contributed by atoms with Crippen LogP contribution in [0.5, 0.6) is 0 Å². The summed E-state index contributed by atoms with van der Waals surface area (Å²) in [4.78, 5) is 18.6. The lowest BCUT2D eigenvalue weighted by Crippen LogP contribution is -2.18. The van der Waals surface area contributed by atoms with Crippen molar-refractivity contribution in [3.8, 4) is 0 Å². The van der Waals surface area contributed by atoms with E-state index in [1.54, 1.807) is 0 Å². The van der Waals surface area contributed by atoms with Crippen molar-refractivity contribution < 1.29 is 4.79 Å². The van der Waals surface area contributed by atoms with Gasteiger partial charge >= 0.3 is 0 Å². The minimum atomic E-state index is -0.0767. The zero-order chi connectivity index (χ0) is 15.1. The molecule has 1 amide bonds. The molecule has 0 aliphatic carbocycles. The van der Waals surface area contributed by atoms with Crippen molar-refractivity contribution in [1.29, 1.82) is 0 Å². The van der Waals surface area contributed by atoms with Crippen molar-refractivity contribution in [2.24, 2.45) is 0 Å². The molecule has 4 nitrogen and oxygen atoms in total. The summed E-state index contributed by atoms with van der Waals surface area (Å²) >= 11 is 1.53. The van der Waals surface area contributed by atoms with E-state index in [2.05, 4.69) is 46.5 Å². The topological polar surface area (TPSA) is 45.2 Å². The van der Waals surface area contributed by atoms with Gasteiger partial charge in [0.05, 0.1) is 0 Å². The summed E-state index contributed by atoms with van der Waals surface area (Å²) in [5.74, 6) is -0.0767. The van der Waals surface area contributed by atoms with Crippen molar-refractivity contribution in [3.63, 3.8) is 0 Å². The molecule has 1 aromatic carbocycles. The Morgan fingerprint density at radius 2 is 2.10 bits per heavy atom. The maximum absolute atomic E-state index is 11.0. The number of aryl methyl sites for hydroxylation is 1. The number of carbonyl (C=O) groups is 1. The zero-order valence-corrected chi connectivity index (χ0v) is 13.3. The third kappa shape index (κ3) is 5.65. The number of nitrogens with one attached hydrogen (secondary N) is 1. The maximum Gasteiger partial charge on any atom is 0.223 e. The van der Waals surface area contributed by atoms with Crippen LogP contribution in [0.4, 0.5) is 5.13 Å². The van der Waals surface area contributed by atoms with Crippen molar-refractivity contribution in [2.45, 2.75) is 26.3 Å². The van der Waals surface area contributed by atoms with E-state index < -0.39 is 0 Å². The molecule has 0 bridgehead atoms. The molecule has 1 aromatic heterocycles. The zero-order valence-electron chi connectivity index (χ0n) is 12.5. The van der Waals surface area contributed by atoms with Gasteiger partial charge in [0.1, 0.15) is 0 Å². The molecule has 2 rings (SSSR count). The van der Waals surface area contributed by atoms with E-state index >= 15 is 0 Å². The lowest BCUT2D eigenvalue weighted by molar-refractivity contribution is -0.114. The first kappa shape index (κ1) is 15.7. The quantitative estimate of drug-likeness (QED) is 0.854. The van der Waals surface area contributed by atoms with Crippen LogP contribution in [0.25, 0.3) is 0 Å². The summed E-state index contributed by atoms with van der Waals surface area (Å²) in [5, 5.41) is 3.39. The number of nitrogens with zero attached hydrogens (tertiary/aromatic N) is 2. The lowest BCUT2D eigenvalue weighted by atomic mass is 10.1. The Balaban J connectivity index is 1.72. The third-order valence-corrected chi connectivity index (χ3v) is 4.01. The Kier molecular flexibility index (Phi) is 5.90. The van der Waals surface area contributed by atoms with Gasteiger partial charge in [0.25, 0.3) is 0 Å². The molecule has 112 valence electrons. The molecule has 0 atom stereocenters. The third-order valence-electron chi connectivity index (χ3n) is 3.11. The molecule has 1 heterocycles. The predicted octanol–water partition coefficient (Wildman–Crippen LogP) is 3.17. The Hall–Kier alpha value is -1.72. The molecular formula is C16H21N3OS. The van der Waals surface area contributed by atoms with Crippen LogP contribution in [-0.2, 0) is 17.8 Å². The van der Waals surface area contributed by atoms with Gasteiger partial charge in [-0.2, -0.15) is 0 Å². The Morgan fingerprint density at radius 3 is 2.81 bits per heavy atom. The molecule has 0 fully saturated rings. The van der Waals surface area contributed by atoms with E-state index in [0.717, 1.165) is 25.9 Å². The standard InChI is InChI=1S/C16H21N3OS/c1-13(20)18-16-17-11-15(21-16)12-19(2)10-6-9-14-7-4-3-5-8-14/h3-5,7-8,11H,6,9-10,12H2,1-2H3,(H,17,18,20). The average Bonchev–Trinajstić information content (AvgIpc) is 2.86. The van der Waals surface area contributed by atoms with Gasteiger partial charge in [0, 0.05) is 24.5 Å². The number of hydrogen-bond acceptors (Lipinski definition) is 4. The summed E-state index contributed by atoms with van der Waals surface area (Å²) in [5.41, 5.74) is 1.39. The van der Waals surface area contributed by atoms with E-state index in [9.17, 15) is 4.79 Å². The van der Waals surface area contributed by atoms with Crippen LogP contribution in [-0.4, -0.2) is 29.4 Å². The number of amides is 1. The lowest BCUT2D eigenvalue weighted by Gasteiger charge is -2.15. The van der Waals surface area contributed by atoms with Crippen LogP contribution < -0.4 is 5.32 Å². The van der Waals surface area contributed by atoms with Crippen molar-refractivity contribution in [3.05, 3.63) is 47.0 Å². The molecule has 0 saturated carbocycles. The fourth-order valence-electron chi connectivity index (χ4n) is 2.13. The summed E-state index contributed by atoms with van der Waals surface area (Å²) in [6, 6.07) is 10.6. The normalized spacial score (nSPS) is 10.8. The number of carbonyl (C=O) groups excluding carboxylic acids is 1. The first-order chi connectivity index (χ1) is 10.1. The second-order valence-electron chi connectivity index (χ2n) is 5.14. The van der Waals surface area contributed by atoms with E-state index in [0.29, 0.717) is 5.13 Å². The molecule has 0 aliphatic rings. The van der Waals surface area contributed by atoms with E-state index in [1.807, 2.05) is 12.3 Å². The van der Waals surface area contributed by atoms with Crippen LogP contribution in [0.3, 0.4) is 0 Å². The van der Waals surface area contributed by atoms with Crippen LogP contribution in [0.15, 0.2) is 36.5 Å². The highest BCUT2D eigenvalue weighted by Gasteiger charge is 2.06. The van der Waals surface area contributed by atoms with Gasteiger partial charge in [0.15, 0.2) is 5.13 Å². The molecule has 1 N–H and O–H groups in total. The van der Waals surface area contributed by atoms with Crippen LogP contribution >= 0.6 is 11.3 Å². The maximum atomic E-state index is 11.0. The highest BCUT2D eigenvalue weighted by atomic mass is 32.1. The monoisotopic (exact) mass is 303 g/mol. The molecular weight excluding hydrogens is 282 g/mol. The second-order valence-corrected chi connectivity index (χ2v) is 6.26. The molecule has 0 spiro atoms. The van der Waals surface area contributed by atoms with Crippen LogP contribution in [0.2, 0.25) is 0 Å². The largest absolute Gasteiger partial charge is 0.302 e. The van der Waals surface area contributed by atoms with Gasteiger partial charge in [-0.15, -0.1) is 11.3 Å². The Bertz CT molecular complexity index is 568. The van der Waals surface area contributed by atoms with Crippen molar-refractivity contribution >= 4 is 22.4 Å². The Labute approximate surface area is 129 Å². The number of thiazole rings is 1.